The molecule has 0 radical (unpaired) electrons. The topological polar surface area (TPSA) is 9.23 Å². The maximum absolute atomic E-state index is 13.5. The number of hydrogen-bond acceptors (Lipinski definition) is 1. The molecule has 0 saturated carbocycles. The Kier molecular flexibility index (Phi) is 4.19. The van der Waals surface area contributed by atoms with Crippen molar-refractivity contribution >= 4 is 0 Å². The minimum Gasteiger partial charge on any atom is -0.373 e. The molecule has 1 unspecified atom stereocenters. The van der Waals surface area contributed by atoms with Gasteiger partial charge in [-0.05, 0) is 13.0 Å². The zero-order valence-corrected chi connectivity index (χ0v) is 10.2. The van der Waals surface area contributed by atoms with Gasteiger partial charge in [0, 0.05) is 12.7 Å². The van der Waals surface area contributed by atoms with Crippen molar-refractivity contribution in [2.75, 3.05) is 7.11 Å². The highest BCUT2D eigenvalue weighted by atomic mass is 19.4. The van der Waals surface area contributed by atoms with Crippen molar-refractivity contribution in [2.24, 2.45) is 0 Å². The summed E-state index contributed by atoms with van der Waals surface area (Å²) in [6.45, 7) is 0.991. The Morgan fingerprint density at radius 3 is 2.00 bits per heavy atom. The van der Waals surface area contributed by atoms with Crippen molar-refractivity contribution < 1.29 is 31.1 Å². The molecular weight excluding hydrogens is 274 g/mol. The van der Waals surface area contributed by atoms with E-state index < -0.39 is 29.9 Å². The second kappa shape index (κ2) is 5.03. The van der Waals surface area contributed by atoms with Crippen LogP contribution in [0.1, 0.15) is 18.9 Å². The smallest absolute Gasteiger partial charge is 0.373 e. The van der Waals surface area contributed by atoms with E-state index in [0.717, 1.165) is 26.2 Å². The molecule has 1 aromatic carbocycles. The number of alkyl halides is 5. The summed E-state index contributed by atoms with van der Waals surface area (Å²) in [6.07, 6.45) is -7.40. The molecule has 0 N–H and O–H groups in total. The lowest BCUT2D eigenvalue weighted by atomic mass is 9.88. The summed E-state index contributed by atoms with van der Waals surface area (Å²) in [5, 5.41) is 0. The molecule has 1 atom stereocenters. The van der Waals surface area contributed by atoms with Crippen LogP contribution in [0.4, 0.5) is 26.3 Å². The second-order valence-electron chi connectivity index (χ2n) is 4.29. The van der Waals surface area contributed by atoms with Crippen LogP contribution in [0.5, 0.6) is 0 Å². The van der Waals surface area contributed by atoms with Crippen LogP contribution in [-0.4, -0.2) is 19.2 Å². The van der Waals surface area contributed by atoms with Crippen LogP contribution in [0.25, 0.3) is 0 Å². The molecule has 1 rings (SSSR count). The van der Waals surface area contributed by atoms with Gasteiger partial charge in [0.05, 0.1) is 12.0 Å². The Bertz CT molecular complexity index is 442. The molecule has 1 aromatic rings. The van der Waals surface area contributed by atoms with E-state index in [9.17, 15) is 26.3 Å². The van der Waals surface area contributed by atoms with Gasteiger partial charge < -0.3 is 4.74 Å². The summed E-state index contributed by atoms with van der Waals surface area (Å²) in [7, 11) is 0.957. The van der Waals surface area contributed by atoms with Gasteiger partial charge in [0.2, 0.25) is 0 Å². The summed E-state index contributed by atoms with van der Waals surface area (Å²) in [4.78, 5) is 0. The third-order valence-electron chi connectivity index (χ3n) is 2.87. The van der Waals surface area contributed by atoms with E-state index in [-0.39, 0.29) is 5.56 Å². The molecule has 7 heteroatoms. The Labute approximate surface area is 106 Å². The SMILES string of the molecule is COC(C)(CC(F)(F)C(F)(F)F)c1ccccc1F. The average Bonchev–Trinajstić information content (AvgIpc) is 2.27. The first-order valence-electron chi connectivity index (χ1n) is 5.28. The van der Waals surface area contributed by atoms with Crippen molar-refractivity contribution in [1.82, 2.24) is 0 Å². The summed E-state index contributed by atoms with van der Waals surface area (Å²) in [6, 6.07) is 4.72. The van der Waals surface area contributed by atoms with Crippen LogP contribution in [-0.2, 0) is 10.3 Å². The maximum atomic E-state index is 13.5. The molecule has 0 fully saturated rings. The number of hydrogen-bond donors (Lipinski definition) is 0. The fourth-order valence-electron chi connectivity index (χ4n) is 1.69. The highest BCUT2D eigenvalue weighted by Gasteiger charge is 2.60. The molecule has 0 bridgehead atoms. The van der Waals surface area contributed by atoms with Crippen molar-refractivity contribution in [1.29, 1.82) is 0 Å². The standard InChI is InChI=1S/C12H12F6O/c1-10(19-2,7-11(14,15)12(16,17)18)8-5-3-4-6-9(8)13/h3-6H,7H2,1-2H3. The van der Waals surface area contributed by atoms with E-state index in [2.05, 4.69) is 0 Å². The van der Waals surface area contributed by atoms with Crippen molar-refractivity contribution in [3.05, 3.63) is 35.6 Å². The number of methoxy groups -OCH3 is 1. The lowest BCUT2D eigenvalue weighted by Crippen LogP contribution is -2.43. The minimum absolute atomic E-state index is 0.346. The zero-order chi connectivity index (χ0) is 14.9. The third kappa shape index (κ3) is 3.20. The van der Waals surface area contributed by atoms with E-state index in [1.807, 2.05) is 0 Å². The first-order valence-corrected chi connectivity index (χ1v) is 5.28. The Morgan fingerprint density at radius 2 is 1.58 bits per heavy atom. The van der Waals surface area contributed by atoms with Crippen LogP contribution >= 0.6 is 0 Å². The normalized spacial score (nSPS) is 16.2. The average molecular weight is 286 g/mol. The van der Waals surface area contributed by atoms with Gasteiger partial charge in [-0.1, -0.05) is 18.2 Å². The summed E-state index contributed by atoms with van der Waals surface area (Å²) >= 11 is 0. The molecule has 19 heavy (non-hydrogen) atoms. The minimum atomic E-state index is -5.71. The van der Waals surface area contributed by atoms with E-state index in [1.165, 1.54) is 12.1 Å². The number of benzene rings is 1. The van der Waals surface area contributed by atoms with Crippen LogP contribution in [0.3, 0.4) is 0 Å². The quantitative estimate of drug-likeness (QED) is 0.751. The second-order valence-corrected chi connectivity index (χ2v) is 4.29. The number of halogens is 6. The van der Waals surface area contributed by atoms with Gasteiger partial charge in [-0.3, -0.25) is 0 Å². The van der Waals surface area contributed by atoms with E-state index in [4.69, 9.17) is 4.74 Å². The van der Waals surface area contributed by atoms with Crippen molar-refractivity contribution in [3.63, 3.8) is 0 Å². The predicted molar refractivity (Wildman–Crippen MR) is 56.4 cm³/mol. The van der Waals surface area contributed by atoms with Gasteiger partial charge in [-0.2, -0.15) is 22.0 Å². The molecule has 0 heterocycles. The first kappa shape index (κ1) is 15.8. The first-order chi connectivity index (χ1) is 8.53. The van der Waals surface area contributed by atoms with Gasteiger partial charge in [0.1, 0.15) is 5.82 Å². The molecule has 0 aromatic heterocycles. The Morgan fingerprint density at radius 1 is 1.05 bits per heavy atom. The van der Waals surface area contributed by atoms with Crippen LogP contribution in [0, 0.1) is 5.82 Å². The molecule has 0 aliphatic carbocycles. The van der Waals surface area contributed by atoms with Crippen molar-refractivity contribution in [2.45, 2.75) is 31.0 Å². The number of ether oxygens (including phenoxy) is 1. The maximum Gasteiger partial charge on any atom is 0.453 e. The Hall–Kier alpha value is -1.24. The Balaban J connectivity index is 3.17. The van der Waals surface area contributed by atoms with Crippen LogP contribution in [0.15, 0.2) is 24.3 Å². The third-order valence-corrected chi connectivity index (χ3v) is 2.87. The molecule has 1 nitrogen and oxygen atoms in total. The lowest BCUT2D eigenvalue weighted by Gasteiger charge is -2.33. The summed E-state index contributed by atoms with van der Waals surface area (Å²) in [5.74, 6) is -5.87. The highest BCUT2D eigenvalue weighted by molar-refractivity contribution is 5.24. The van der Waals surface area contributed by atoms with Crippen LogP contribution < -0.4 is 0 Å². The summed E-state index contributed by atoms with van der Waals surface area (Å²) < 4.78 is 81.1. The van der Waals surface area contributed by atoms with Gasteiger partial charge in [0.25, 0.3) is 0 Å². The number of rotatable bonds is 4. The molecule has 0 saturated heterocycles. The monoisotopic (exact) mass is 286 g/mol. The lowest BCUT2D eigenvalue weighted by molar-refractivity contribution is -0.298. The molecule has 0 aliphatic rings. The van der Waals surface area contributed by atoms with Gasteiger partial charge in [-0.15, -0.1) is 0 Å². The molecule has 0 aliphatic heterocycles. The van der Waals surface area contributed by atoms with Crippen LogP contribution in [0.2, 0.25) is 0 Å². The van der Waals surface area contributed by atoms with Gasteiger partial charge >= 0.3 is 12.1 Å². The molecular formula is C12H12F6O. The predicted octanol–water partition coefficient (Wildman–Crippen LogP) is 4.28. The van der Waals surface area contributed by atoms with E-state index in [0.29, 0.717) is 0 Å². The molecule has 0 spiro atoms. The fourth-order valence-corrected chi connectivity index (χ4v) is 1.69. The molecule has 108 valence electrons. The zero-order valence-electron chi connectivity index (χ0n) is 10.2. The highest BCUT2D eigenvalue weighted by Crippen LogP contribution is 2.45. The fraction of sp³-hybridized carbons (Fsp3) is 0.500. The van der Waals surface area contributed by atoms with E-state index in [1.54, 1.807) is 0 Å². The largest absolute Gasteiger partial charge is 0.453 e. The van der Waals surface area contributed by atoms with Gasteiger partial charge in [0.15, 0.2) is 0 Å². The summed E-state index contributed by atoms with van der Waals surface area (Å²) in [5.41, 5.74) is -2.42. The van der Waals surface area contributed by atoms with Gasteiger partial charge in [-0.25, -0.2) is 4.39 Å². The van der Waals surface area contributed by atoms with Crippen molar-refractivity contribution in [3.8, 4) is 0 Å². The van der Waals surface area contributed by atoms with E-state index >= 15 is 0 Å². The molecule has 0 amide bonds.